The van der Waals surface area contributed by atoms with Crippen LogP contribution in [0.4, 0.5) is 0 Å². The van der Waals surface area contributed by atoms with Crippen LogP contribution in [0.15, 0.2) is 39.9 Å². The number of carbonyl (C=O) groups is 1. The Balaban J connectivity index is 2.15. The van der Waals surface area contributed by atoms with Gasteiger partial charge in [0.1, 0.15) is 4.83 Å². The highest BCUT2D eigenvalue weighted by Crippen LogP contribution is 2.28. The van der Waals surface area contributed by atoms with Crippen molar-refractivity contribution < 1.29 is 15.0 Å². The number of rotatable bonds is 8. The van der Waals surface area contributed by atoms with E-state index in [0.717, 1.165) is 21.5 Å². The van der Waals surface area contributed by atoms with Crippen LogP contribution >= 0.6 is 11.3 Å². The number of aliphatic hydroxyl groups excluding tert-OH is 2. The number of nitrogens with one attached hydrogen (secondary N) is 1. The lowest BCUT2D eigenvalue weighted by molar-refractivity contribution is 0.0948. The first kappa shape index (κ1) is 21.0. The van der Waals surface area contributed by atoms with Crippen molar-refractivity contribution in [1.29, 1.82) is 0 Å². The molecule has 9 heteroatoms. The maximum absolute atomic E-state index is 13.0. The molecule has 0 saturated heterocycles. The van der Waals surface area contributed by atoms with Gasteiger partial charge in [-0.3, -0.25) is 18.7 Å². The highest BCUT2D eigenvalue weighted by Gasteiger charge is 2.22. The van der Waals surface area contributed by atoms with E-state index in [4.69, 9.17) is 5.11 Å². The summed E-state index contributed by atoms with van der Waals surface area (Å²) in [4.78, 5) is 39.1. The van der Waals surface area contributed by atoms with Gasteiger partial charge in [-0.05, 0) is 24.5 Å². The molecule has 3 N–H and O–H groups in total. The molecule has 0 spiro atoms. The standard InChI is InChI=1S/C20H23N3O5S/c1-13-15-18(27)22(10-12-25)20(28)23(9-7-14-5-3-2-4-6-14)19(15)29-16(13)17(26)21-8-11-24/h2-6,24-25H,7-12H2,1H3,(H,21,26). The number of aromatic nitrogens is 2. The van der Waals surface area contributed by atoms with Gasteiger partial charge in [-0.1, -0.05) is 30.3 Å². The monoisotopic (exact) mass is 417 g/mol. The largest absolute Gasteiger partial charge is 0.395 e. The number of aliphatic hydroxyl groups is 2. The summed E-state index contributed by atoms with van der Waals surface area (Å²) >= 11 is 1.09. The summed E-state index contributed by atoms with van der Waals surface area (Å²) in [6.45, 7) is 1.46. The number of hydrogen-bond acceptors (Lipinski definition) is 6. The average molecular weight is 417 g/mol. The Labute approximate surface area is 170 Å². The molecular weight excluding hydrogens is 394 g/mol. The number of hydrogen-bond donors (Lipinski definition) is 3. The minimum atomic E-state index is -0.509. The summed E-state index contributed by atoms with van der Waals surface area (Å²) in [5, 5.41) is 21.1. The molecule has 154 valence electrons. The molecule has 0 atom stereocenters. The molecule has 0 fully saturated rings. The molecule has 1 aromatic carbocycles. The molecule has 0 unspecified atom stereocenters. The van der Waals surface area contributed by atoms with Gasteiger partial charge in [0.05, 0.1) is 30.0 Å². The van der Waals surface area contributed by atoms with E-state index in [9.17, 15) is 19.5 Å². The van der Waals surface area contributed by atoms with Crippen LogP contribution in [0, 0.1) is 6.92 Å². The number of carbonyl (C=O) groups excluding carboxylic acids is 1. The van der Waals surface area contributed by atoms with Gasteiger partial charge < -0.3 is 15.5 Å². The average Bonchev–Trinajstić information content (AvgIpc) is 3.07. The minimum absolute atomic E-state index is 0.0993. The van der Waals surface area contributed by atoms with Gasteiger partial charge in [-0.2, -0.15) is 0 Å². The molecular formula is C20H23N3O5S. The molecule has 29 heavy (non-hydrogen) atoms. The Kier molecular flexibility index (Phi) is 6.63. The van der Waals surface area contributed by atoms with Crippen LogP contribution in [0.1, 0.15) is 20.8 Å². The normalized spacial score (nSPS) is 11.1. The van der Waals surface area contributed by atoms with E-state index in [0.29, 0.717) is 33.6 Å². The molecule has 0 bridgehead atoms. The molecule has 0 radical (unpaired) electrons. The maximum atomic E-state index is 13.0. The van der Waals surface area contributed by atoms with Crippen molar-refractivity contribution in [2.24, 2.45) is 0 Å². The fourth-order valence-corrected chi connectivity index (χ4v) is 4.48. The lowest BCUT2D eigenvalue weighted by atomic mass is 10.1. The van der Waals surface area contributed by atoms with Gasteiger partial charge in [0.25, 0.3) is 11.5 Å². The molecule has 0 aliphatic heterocycles. The third-order valence-electron chi connectivity index (χ3n) is 4.69. The number of aryl methyl sites for hydroxylation is 3. The summed E-state index contributed by atoms with van der Waals surface area (Å²) in [7, 11) is 0. The van der Waals surface area contributed by atoms with Crippen molar-refractivity contribution >= 4 is 27.5 Å². The van der Waals surface area contributed by atoms with Crippen LogP contribution < -0.4 is 16.6 Å². The summed E-state index contributed by atoms with van der Waals surface area (Å²) < 4.78 is 2.52. The second-order valence-corrected chi connectivity index (χ2v) is 7.57. The van der Waals surface area contributed by atoms with E-state index in [1.165, 1.54) is 4.57 Å². The molecule has 3 aromatic rings. The molecule has 1 amide bonds. The quantitative estimate of drug-likeness (QED) is 0.494. The van der Waals surface area contributed by atoms with Gasteiger partial charge in [0.2, 0.25) is 0 Å². The molecule has 2 heterocycles. The summed E-state index contributed by atoms with van der Waals surface area (Å²) in [5.74, 6) is -0.395. The molecule has 0 aliphatic carbocycles. The van der Waals surface area contributed by atoms with Gasteiger partial charge >= 0.3 is 5.69 Å². The Morgan fingerprint density at radius 3 is 2.45 bits per heavy atom. The maximum Gasteiger partial charge on any atom is 0.332 e. The number of fused-ring (bicyclic) bond motifs is 1. The van der Waals surface area contributed by atoms with E-state index in [-0.39, 0.29) is 26.3 Å². The van der Waals surface area contributed by atoms with Crippen LogP contribution in [-0.4, -0.2) is 45.0 Å². The Morgan fingerprint density at radius 1 is 1.07 bits per heavy atom. The van der Waals surface area contributed by atoms with Crippen molar-refractivity contribution in [2.75, 3.05) is 19.8 Å². The van der Waals surface area contributed by atoms with E-state index in [1.807, 2.05) is 30.3 Å². The smallest absolute Gasteiger partial charge is 0.332 e. The topological polar surface area (TPSA) is 114 Å². The van der Waals surface area contributed by atoms with Crippen molar-refractivity contribution in [3.8, 4) is 0 Å². The minimum Gasteiger partial charge on any atom is -0.395 e. The predicted octanol–water partition coefficient (Wildman–Crippen LogP) is 0.490. The third kappa shape index (κ3) is 4.16. The van der Waals surface area contributed by atoms with Crippen LogP contribution in [0.5, 0.6) is 0 Å². The number of benzene rings is 1. The van der Waals surface area contributed by atoms with Crippen LogP contribution in [0.3, 0.4) is 0 Å². The zero-order chi connectivity index (χ0) is 21.0. The lowest BCUT2D eigenvalue weighted by Gasteiger charge is -2.11. The number of nitrogens with zero attached hydrogens (tertiary/aromatic N) is 2. The zero-order valence-electron chi connectivity index (χ0n) is 16.1. The fourth-order valence-electron chi connectivity index (χ4n) is 3.24. The van der Waals surface area contributed by atoms with Crippen LogP contribution in [0.25, 0.3) is 10.2 Å². The Hall–Kier alpha value is -2.75. The van der Waals surface area contributed by atoms with Crippen LogP contribution in [-0.2, 0) is 19.5 Å². The number of amides is 1. The predicted molar refractivity (Wildman–Crippen MR) is 112 cm³/mol. The molecule has 0 saturated carbocycles. The fraction of sp³-hybridized carbons (Fsp3) is 0.350. The molecule has 8 nitrogen and oxygen atoms in total. The van der Waals surface area contributed by atoms with Gasteiger partial charge in [-0.25, -0.2) is 4.79 Å². The van der Waals surface area contributed by atoms with E-state index >= 15 is 0 Å². The lowest BCUT2D eigenvalue weighted by Crippen LogP contribution is -2.40. The second kappa shape index (κ2) is 9.17. The molecule has 0 aliphatic rings. The zero-order valence-corrected chi connectivity index (χ0v) is 16.9. The summed E-state index contributed by atoms with van der Waals surface area (Å²) in [6, 6.07) is 9.66. The van der Waals surface area contributed by atoms with Crippen molar-refractivity contribution in [2.45, 2.75) is 26.4 Å². The van der Waals surface area contributed by atoms with E-state index in [2.05, 4.69) is 5.32 Å². The number of thiophene rings is 1. The molecule has 3 rings (SSSR count). The van der Waals surface area contributed by atoms with Gasteiger partial charge in [0.15, 0.2) is 0 Å². The highest BCUT2D eigenvalue weighted by molar-refractivity contribution is 7.20. The highest BCUT2D eigenvalue weighted by atomic mass is 32.1. The SMILES string of the molecule is Cc1c(C(=O)NCCO)sc2c1c(=O)n(CCO)c(=O)n2CCc1ccccc1. The van der Waals surface area contributed by atoms with E-state index in [1.54, 1.807) is 6.92 Å². The van der Waals surface area contributed by atoms with Crippen LogP contribution in [0.2, 0.25) is 0 Å². The third-order valence-corrected chi connectivity index (χ3v) is 6.00. The Bertz CT molecular complexity index is 1130. The Morgan fingerprint density at radius 2 is 1.79 bits per heavy atom. The molecule has 2 aromatic heterocycles. The van der Waals surface area contributed by atoms with Crippen molar-refractivity contribution in [1.82, 2.24) is 14.5 Å². The first-order valence-electron chi connectivity index (χ1n) is 9.30. The van der Waals surface area contributed by atoms with Gasteiger partial charge in [-0.15, -0.1) is 11.3 Å². The summed E-state index contributed by atoms with van der Waals surface area (Å²) in [6.07, 6.45) is 0.580. The van der Waals surface area contributed by atoms with Gasteiger partial charge in [0, 0.05) is 13.1 Å². The summed E-state index contributed by atoms with van der Waals surface area (Å²) in [5.41, 5.74) is 0.522. The van der Waals surface area contributed by atoms with Crippen molar-refractivity contribution in [3.05, 3.63) is 67.2 Å². The van der Waals surface area contributed by atoms with E-state index < -0.39 is 17.2 Å². The second-order valence-electron chi connectivity index (χ2n) is 6.57. The first-order chi connectivity index (χ1) is 14.0. The first-order valence-corrected chi connectivity index (χ1v) is 10.1. The van der Waals surface area contributed by atoms with Crippen molar-refractivity contribution in [3.63, 3.8) is 0 Å².